The second kappa shape index (κ2) is 16.0. The number of quaternary nitrogens is 1. The minimum absolute atomic E-state index is 0.175. The number of ether oxygens (including phenoxy) is 1. The van der Waals surface area contributed by atoms with Crippen LogP contribution in [0.4, 0.5) is 13.2 Å². The van der Waals surface area contributed by atoms with Crippen LogP contribution in [0.3, 0.4) is 0 Å². The van der Waals surface area contributed by atoms with Gasteiger partial charge in [0.15, 0.2) is 5.16 Å². The Morgan fingerprint density at radius 3 is 2.25 bits per heavy atom. The quantitative estimate of drug-likeness (QED) is 0.0762. The summed E-state index contributed by atoms with van der Waals surface area (Å²) in [5.41, 5.74) is 0.926. The fraction of sp³-hybridized carbons (Fsp3) is 0.389. The molecule has 4 aromatic rings. The summed E-state index contributed by atoms with van der Waals surface area (Å²) in [6, 6.07) is 10.9. The zero-order valence-electron chi connectivity index (χ0n) is 29.5. The van der Waals surface area contributed by atoms with Gasteiger partial charge < -0.3 is 19.1 Å². The predicted molar refractivity (Wildman–Crippen MR) is 190 cm³/mol. The van der Waals surface area contributed by atoms with E-state index >= 15 is 8.78 Å². The maximum Gasteiger partial charge on any atom is 0.243 e. The number of benzene rings is 3. The Balaban J connectivity index is 1.67. The second-order valence-corrected chi connectivity index (χ2v) is 16.9. The minimum Gasteiger partial charge on any atom is -0.548 e. The van der Waals surface area contributed by atoms with E-state index in [1.165, 1.54) is 19.2 Å². The number of methoxy groups -OCH3 is 1. The molecule has 0 aliphatic rings. The fourth-order valence-corrected chi connectivity index (χ4v) is 8.40. The average Bonchev–Trinajstić information content (AvgIpc) is 3.48. The summed E-state index contributed by atoms with van der Waals surface area (Å²) < 4.78 is 80.9. The maximum absolute atomic E-state index is 15.6. The molecule has 0 N–H and O–H groups in total. The molecule has 276 valence electrons. The van der Waals surface area contributed by atoms with E-state index in [4.69, 9.17) is 16.3 Å². The van der Waals surface area contributed by atoms with Crippen LogP contribution >= 0.6 is 23.4 Å². The first-order valence-corrected chi connectivity index (χ1v) is 18.9. The number of aliphatic carboxylic acids is 1. The molecule has 0 aliphatic carbocycles. The first-order chi connectivity index (χ1) is 23.8. The Kier molecular flexibility index (Phi) is 12.6. The van der Waals surface area contributed by atoms with Gasteiger partial charge in [0.1, 0.15) is 23.2 Å². The lowest BCUT2D eigenvalue weighted by Crippen LogP contribution is -2.49. The van der Waals surface area contributed by atoms with Crippen LogP contribution in [-0.4, -0.2) is 80.1 Å². The monoisotopic (exact) mass is 766 g/mol. The molecule has 0 saturated carbocycles. The summed E-state index contributed by atoms with van der Waals surface area (Å²) >= 11 is 7.27. The molecule has 0 fully saturated rings. The number of hydrogen-bond acceptors (Lipinski definition) is 7. The molecule has 1 heterocycles. The van der Waals surface area contributed by atoms with Crippen LogP contribution in [0.25, 0.3) is 5.69 Å². The summed E-state index contributed by atoms with van der Waals surface area (Å²) in [6.45, 7) is 5.60. The van der Waals surface area contributed by atoms with E-state index in [0.29, 0.717) is 67.6 Å². The molecule has 0 saturated heterocycles. The number of imidazole rings is 1. The van der Waals surface area contributed by atoms with Crippen molar-refractivity contribution in [2.45, 2.75) is 60.9 Å². The van der Waals surface area contributed by atoms with Gasteiger partial charge in [-0.3, -0.25) is 4.57 Å². The first-order valence-electron chi connectivity index (χ1n) is 16.1. The second-order valence-electron chi connectivity index (χ2n) is 13.7. The molecule has 0 amide bonds. The highest BCUT2D eigenvalue weighted by atomic mass is 35.5. The van der Waals surface area contributed by atoms with E-state index in [2.05, 4.69) is 4.98 Å². The number of sulfonamides is 1. The van der Waals surface area contributed by atoms with Crippen LogP contribution in [0.5, 0.6) is 5.75 Å². The predicted octanol–water partition coefficient (Wildman–Crippen LogP) is 6.19. The Labute approximate surface area is 306 Å². The van der Waals surface area contributed by atoms with Gasteiger partial charge in [-0.1, -0.05) is 43.3 Å². The van der Waals surface area contributed by atoms with Gasteiger partial charge >= 0.3 is 0 Å². The van der Waals surface area contributed by atoms with Gasteiger partial charge in [-0.05, 0) is 73.9 Å². The van der Waals surface area contributed by atoms with Crippen molar-refractivity contribution in [1.29, 1.82) is 0 Å². The number of hydrogen-bond donors (Lipinski definition) is 0. The molecule has 0 unspecified atom stereocenters. The van der Waals surface area contributed by atoms with Gasteiger partial charge in [0.05, 0.1) is 68.6 Å². The molecule has 0 bridgehead atoms. The number of carbonyl (C=O) groups excluding carboxylic acids is 1. The van der Waals surface area contributed by atoms with Crippen molar-refractivity contribution in [2.75, 3.05) is 41.3 Å². The summed E-state index contributed by atoms with van der Waals surface area (Å²) in [5, 5.41) is 12.5. The number of rotatable bonds is 16. The third kappa shape index (κ3) is 9.28. The van der Waals surface area contributed by atoms with Crippen molar-refractivity contribution in [3.05, 3.63) is 100 Å². The molecule has 4 rings (SSSR count). The van der Waals surface area contributed by atoms with Gasteiger partial charge in [0.2, 0.25) is 10.0 Å². The number of thioether (sulfide) groups is 1. The molecule has 3 aromatic carbocycles. The third-order valence-electron chi connectivity index (χ3n) is 8.62. The van der Waals surface area contributed by atoms with E-state index in [1.807, 2.05) is 41.1 Å². The average molecular weight is 767 g/mol. The molecule has 0 spiro atoms. The van der Waals surface area contributed by atoms with Crippen molar-refractivity contribution in [2.24, 2.45) is 0 Å². The minimum atomic E-state index is -4.63. The number of aromatic nitrogens is 2. The summed E-state index contributed by atoms with van der Waals surface area (Å²) in [6.07, 6.45) is 2.55. The summed E-state index contributed by atoms with van der Waals surface area (Å²) in [5.74, 6) is -4.14. The number of carboxylic acids is 1. The van der Waals surface area contributed by atoms with Gasteiger partial charge in [0.25, 0.3) is 0 Å². The topological polar surface area (TPSA) is 105 Å². The van der Waals surface area contributed by atoms with Crippen LogP contribution in [0.15, 0.2) is 70.8 Å². The van der Waals surface area contributed by atoms with Crippen LogP contribution in [0.2, 0.25) is 5.02 Å². The highest BCUT2D eigenvalue weighted by molar-refractivity contribution is 7.98. The Morgan fingerprint density at radius 1 is 1.06 bits per heavy atom. The molecular formula is C36H42ClF3N4O5S2. The molecule has 1 atom stereocenters. The number of carbonyl (C=O) groups is 1. The number of nitrogens with zero attached hydrogens (tertiary/aromatic N) is 4. The van der Waals surface area contributed by atoms with Gasteiger partial charge in [-0.2, -0.15) is 4.31 Å². The number of halogens is 4. The molecule has 9 nitrogen and oxygen atoms in total. The molecule has 0 radical (unpaired) electrons. The van der Waals surface area contributed by atoms with Crippen molar-refractivity contribution >= 4 is 39.4 Å². The van der Waals surface area contributed by atoms with E-state index in [9.17, 15) is 22.7 Å². The van der Waals surface area contributed by atoms with Crippen molar-refractivity contribution in [1.82, 2.24) is 13.9 Å². The normalized spacial score (nSPS) is 13.1. The maximum atomic E-state index is 15.6. The summed E-state index contributed by atoms with van der Waals surface area (Å²) in [4.78, 5) is 15.6. The Morgan fingerprint density at radius 2 is 1.69 bits per heavy atom. The SMILES string of the molecule is COc1cc(C(C)(C)c2cnc(SCc3c(F)cc(S(=O)(=O)N(CCCC[N+](C)(C)C)[C@H](C)C(=O)[O-])cc3F)n2-c2ccc(F)cc2)ccc1Cl. The van der Waals surface area contributed by atoms with Crippen molar-refractivity contribution in [3.63, 3.8) is 0 Å². The van der Waals surface area contributed by atoms with Crippen molar-refractivity contribution in [3.8, 4) is 11.4 Å². The number of unbranched alkanes of at least 4 members (excludes halogenated alkanes) is 1. The fourth-order valence-electron chi connectivity index (χ4n) is 5.55. The molecule has 0 aliphatic heterocycles. The van der Waals surface area contributed by atoms with Gasteiger partial charge in [0, 0.05) is 29.0 Å². The lowest BCUT2D eigenvalue weighted by Gasteiger charge is -2.30. The van der Waals surface area contributed by atoms with E-state index in [1.54, 1.807) is 35.0 Å². The zero-order chi connectivity index (χ0) is 37.9. The smallest absolute Gasteiger partial charge is 0.243 e. The Hall–Kier alpha value is -3.56. The molecule has 51 heavy (non-hydrogen) atoms. The lowest BCUT2D eigenvalue weighted by atomic mass is 9.81. The Bertz CT molecular complexity index is 1960. The first kappa shape index (κ1) is 40.2. The van der Waals surface area contributed by atoms with Crippen LogP contribution in [0.1, 0.15) is 50.4 Å². The largest absolute Gasteiger partial charge is 0.548 e. The summed E-state index contributed by atoms with van der Waals surface area (Å²) in [7, 11) is 2.79. The van der Waals surface area contributed by atoms with Crippen molar-refractivity contribution < 1.29 is 40.7 Å². The molecule has 1 aromatic heterocycles. The van der Waals surface area contributed by atoms with E-state index in [0.717, 1.165) is 24.2 Å². The van der Waals surface area contributed by atoms with Crippen LogP contribution in [0, 0.1) is 17.5 Å². The van der Waals surface area contributed by atoms with E-state index < -0.39 is 55.4 Å². The third-order valence-corrected chi connectivity index (χ3v) is 11.9. The van der Waals surface area contributed by atoms with E-state index in [-0.39, 0.29) is 12.3 Å². The standard InChI is InChI=1S/C36H42ClF3N4O5S2/c1-23(34(45)46)42(16-8-9-17-44(4,5)6)51(47,48)27-19-30(39)28(31(40)20-27)22-50-35-41-21-33(43(35)26-13-11-25(38)12-14-26)36(2,3)24-10-15-29(37)32(18-24)49-7/h10-15,18-21,23H,8-9,16-17,22H2,1-7H3/t23-/m1/s1. The lowest BCUT2D eigenvalue weighted by molar-refractivity contribution is -0.870. The van der Waals surface area contributed by atoms with Gasteiger partial charge in [-0.25, -0.2) is 26.6 Å². The zero-order valence-corrected chi connectivity index (χ0v) is 31.9. The molecular weight excluding hydrogens is 725 g/mol. The van der Waals surface area contributed by atoms with Crippen LogP contribution < -0.4 is 9.84 Å². The number of carboxylic acid groups (broad SMARTS) is 1. The highest BCUT2D eigenvalue weighted by Crippen LogP contribution is 2.39. The van der Waals surface area contributed by atoms with Crippen LogP contribution in [-0.2, 0) is 26.0 Å². The van der Waals surface area contributed by atoms with Gasteiger partial charge in [-0.15, -0.1) is 0 Å². The molecule has 15 heteroatoms. The highest BCUT2D eigenvalue weighted by Gasteiger charge is 2.33.